The van der Waals surface area contributed by atoms with Crippen molar-refractivity contribution in [3.63, 3.8) is 0 Å². The number of carbonyl (C=O) groups is 1. The highest BCUT2D eigenvalue weighted by Gasteiger charge is 2.40. The molecule has 1 aromatic carbocycles. The lowest BCUT2D eigenvalue weighted by Crippen LogP contribution is -2.44. The molecule has 0 saturated carbocycles. The van der Waals surface area contributed by atoms with Crippen LogP contribution in [0.15, 0.2) is 24.3 Å². The van der Waals surface area contributed by atoms with Crippen LogP contribution in [0.25, 0.3) is 0 Å². The number of nitrogens with two attached hydrogens (primary N) is 1. The van der Waals surface area contributed by atoms with Crippen LogP contribution in [0.2, 0.25) is 0 Å². The lowest BCUT2D eigenvalue weighted by atomic mass is 9.72. The van der Waals surface area contributed by atoms with Crippen LogP contribution in [0.4, 0.5) is 0 Å². The minimum atomic E-state index is -0.954. The molecule has 3 nitrogen and oxygen atoms in total. The Kier molecular flexibility index (Phi) is 5.55. The second-order valence-electron chi connectivity index (χ2n) is 5.34. The molecule has 0 aliphatic carbocycles. The number of aliphatic carboxylic acids is 1. The van der Waals surface area contributed by atoms with Crippen molar-refractivity contribution >= 4 is 5.97 Å². The minimum absolute atomic E-state index is 0.141. The third kappa shape index (κ3) is 3.35. The average molecular weight is 263 g/mol. The normalized spacial score (nSPS) is 14.4. The zero-order chi connectivity index (χ0) is 14.5. The molecule has 0 fully saturated rings. The van der Waals surface area contributed by atoms with Crippen LogP contribution in [0.5, 0.6) is 0 Å². The van der Waals surface area contributed by atoms with Crippen molar-refractivity contribution in [1.29, 1.82) is 0 Å². The average Bonchev–Trinajstić information content (AvgIpc) is 2.41. The predicted octanol–water partition coefficient (Wildman–Crippen LogP) is 3.10. The lowest BCUT2D eigenvalue weighted by Gasteiger charge is -2.32. The Morgan fingerprint density at radius 3 is 2.16 bits per heavy atom. The van der Waals surface area contributed by atoms with Gasteiger partial charge in [0.25, 0.3) is 0 Å². The van der Waals surface area contributed by atoms with Crippen molar-refractivity contribution in [3.8, 4) is 0 Å². The number of carboxylic acid groups (broad SMARTS) is 1. The summed E-state index contributed by atoms with van der Waals surface area (Å²) in [4.78, 5) is 11.8. The molecule has 0 aliphatic heterocycles. The first kappa shape index (κ1) is 15.7. The Labute approximate surface area is 115 Å². The summed E-state index contributed by atoms with van der Waals surface area (Å²) in [6.07, 6.45) is 2.57. The largest absolute Gasteiger partial charge is 0.481 e. The van der Waals surface area contributed by atoms with Crippen LogP contribution < -0.4 is 5.73 Å². The highest BCUT2D eigenvalue weighted by molar-refractivity contribution is 5.81. The number of benzene rings is 1. The molecule has 0 amide bonds. The molecule has 0 aliphatic rings. The van der Waals surface area contributed by atoms with E-state index in [-0.39, 0.29) is 6.54 Å². The third-order valence-electron chi connectivity index (χ3n) is 4.15. The molecule has 1 unspecified atom stereocenters. The maximum absolute atomic E-state index is 11.8. The molecule has 1 atom stereocenters. The third-order valence-corrected chi connectivity index (χ3v) is 4.15. The SMILES string of the molecule is CCC(CC)CC(CN)(C(=O)O)c1ccc(C)cc1. The number of rotatable bonds is 7. The van der Waals surface area contributed by atoms with Crippen molar-refractivity contribution in [3.05, 3.63) is 35.4 Å². The van der Waals surface area contributed by atoms with E-state index in [1.165, 1.54) is 0 Å². The Balaban J connectivity index is 3.18. The van der Waals surface area contributed by atoms with Crippen LogP contribution in [0.3, 0.4) is 0 Å². The van der Waals surface area contributed by atoms with Crippen LogP contribution in [0, 0.1) is 12.8 Å². The van der Waals surface area contributed by atoms with E-state index in [1.54, 1.807) is 0 Å². The smallest absolute Gasteiger partial charge is 0.315 e. The maximum Gasteiger partial charge on any atom is 0.315 e. The van der Waals surface area contributed by atoms with E-state index >= 15 is 0 Å². The Hall–Kier alpha value is -1.35. The van der Waals surface area contributed by atoms with Gasteiger partial charge in [-0.1, -0.05) is 56.5 Å². The van der Waals surface area contributed by atoms with Crippen molar-refractivity contribution in [2.24, 2.45) is 11.7 Å². The zero-order valence-corrected chi connectivity index (χ0v) is 12.1. The number of hydrogen-bond acceptors (Lipinski definition) is 2. The van der Waals surface area contributed by atoms with E-state index < -0.39 is 11.4 Å². The molecule has 0 radical (unpaired) electrons. The highest BCUT2D eigenvalue weighted by Crippen LogP contribution is 2.33. The summed E-state index contributed by atoms with van der Waals surface area (Å²) in [6, 6.07) is 7.71. The molecule has 106 valence electrons. The summed E-state index contributed by atoms with van der Waals surface area (Å²) in [5, 5.41) is 9.71. The van der Waals surface area contributed by atoms with Crippen molar-refractivity contribution in [1.82, 2.24) is 0 Å². The first-order valence-corrected chi connectivity index (χ1v) is 7.00. The minimum Gasteiger partial charge on any atom is -0.481 e. The van der Waals surface area contributed by atoms with E-state index in [0.29, 0.717) is 12.3 Å². The number of hydrogen-bond donors (Lipinski definition) is 2. The standard InChI is InChI=1S/C16H25NO2/c1-4-13(5-2)10-16(11-17,15(18)19)14-8-6-12(3)7-9-14/h6-9,13H,4-5,10-11,17H2,1-3H3,(H,18,19). The van der Waals surface area contributed by atoms with Crippen LogP contribution in [-0.4, -0.2) is 17.6 Å². The lowest BCUT2D eigenvalue weighted by molar-refractivity contribution is -0.144. The van der Waals surface area contributed by atoms with E-state index in [9.17, 15) is 9.90 Å². The van der Waals surface area contributed by atoms with Gasteiger partial charge >= 0.3 is 5.97 Å². The van der Waals surface area contributed by atoms with Crippen LogP contribution in [-0.2, 0) is 10.2 Å². The Morgan fingerprint density at radius 1 is 1.26 bits per heavy atom. The summed E-state index contributed by atoms with van der Waals surface area (Å²) < 4.78 is 0. The topological polar surface area (TPSA) is 63.3 Å². The van der Waals surface area contributed by atoms with Gasteiger partial charge in [-0.3, -0.25) is 4.79 Å². The Morgan fingerprint density at radius 2 is 1.79 bits per heavy atom. The molecule has 0 spiro atoms. The van der Waals surface area contributed by atoms with E-state index in [2.05, 4.69) is 13.8 Å². The molecule has 0 heterocycles. The molecular formula is C16H25NO2. The van der Waals surface area contributed by atoms with Crippen LogP contribution in [0.1, 0.15) is 44.2 Å². The number of aryl methyl sites for hydroxylation is 1. The van der Waals surface area contributed by atoms with Gasteiger partial charge in [-0.05, 0) is 24.8 Å². The summed E-state index contributed by atoms with van der Waals surface area (Å²) in [7, 11) is 0. The zero-order valence-electron chi connectivity index (χ0n) is 12.1. The van der Waals surface area contributed by atoms with Crippen LogP contribution >= 0.6 is 0 Å². The van der Waals surface area contributed by atoms with Crippen molar-refractivity contribution in [2.45, 2.75) is 45.4 Å². The molecule has 19 heavy (non-hydrogen) atoms. The van der Waals surface area contributed by atoms with Gasteiger partial charge in [-0.2, -0.15) is 0 Å². The fourth-order valence-corrected chi connectivity index (χ4v) is 2.56. The summed E-state index contributed by atoms with van der Waals surface area (Å²) in [6.45, 7) is 6.34. The van der Waals surface area contributed by atoms with E-state index in [1.807, 2.05) is 31.2 Å². The van der Waals surface area contributed by atoms with Gasteiger partial charge < -0.3 is 10.8 Å². The fourth-order valence-electron chi connectivity index (χ4n) is 2.56. The van der Waals surface area contributed by atoms with E-state index in [0.717, 1.165) is 24.0 Å². The monoisotopic (exact) mass is 263 g/mol. The first-order valence-electron chi connectivity index (χ1n) is 7.00. The van der Waals surface area contributed by atoms with Gasteiger partial charge in [0, 0.05) is 6.54 Å². The van der Waals surface area contributed by atoms with Crippen molar-refractivity contribution in [2.75, 3.05) is 6.54 Å². The van der Waals surface area contributed by atoms with Gasteiger partial charge in [0.15, 0.2) is 0 Å². The predicted molar refractivity (Wildman–Crippen MR) is 78.2 cm³/mol. The fraction of sp³-hybridized carbons (Fsp3) is 0.562. The summed E-state index contributed by atoms with van der Waals surface area (Å²) in [5.74, 6) is -0.424. The maximum atomic E-state index is 11.8. The van der Waals surface area contributed by atoms with Crippen molar-refractivity contribution < 1.29 is 9.90 Å². The van der Waals surface area contributed by atoms with Gasteiger partial charge in [0.05, 0.1) is 0 Å². The summed E-state index contributed by atoms with van der Waals surface area (Å²) >= 11 is 0. The molecule has 1 aromatic rings. The highest BCUT2D eigenvalue weighted by atomic mass is 16.4. The molecule has 0 saturated heterocycles. The van der Waals surface area contributed by atoms with Gasteiger partial charge in [0.2, 0.25) is 0 Å². The number of carboxylic acids is 1. The second kappa shape index (κ2) is 6.71. The quantitative estimate of drug-likeness (QED) is 0.794. The first-order chi connectivity index (χ1) is 9.00. The molecule has 0 aromatic heterocycles. The van der Waals surface area contributed by atoms with Gasteiger partial charge in [-0.15, -0.1) is 0 Å². The van der Waals surface area contributed by atoms with E-state index in [4.69, 9.17) is 5.73 Å². The Bertz CT molecular complexity index is 409. The summed E-state index contributed by atoms with van der Waals surface area (Å²) in [5.41, 5.74) is 6.85. The molecule has 0 bridgehead atoms. The molecular weight excluding hydrogens is 238 g/mol. The van der Waals surface area contributed by atoms with Gasteiger partial charge in [-0.25, -0.2) is 0 Å². The van der Waals surface area contributed by atoms with Gasteiger partial charge in [0.1, 0.15) is 5.41 Å². The molecule has 3 N–H and O–H groups in total. The molecule has 1 rings (SSSR count). The second-order valence-corrected chi connectivity index (χ2v) is 5.34. The molecule has 3 heteroatoms.